The van der Waals surface area contributed by atoms with Crippen molar-refractivity contribution in [3.05, 3.63) is 71.4 Å². The highest BCUT2D eigenvalue weighted by atomic mass is 19.4. The molecule has 7 heteroatoms. The molecule has 0 saturated heterocycles. The number of rotatable bonds is 10. The maximum Gasteiger partial charge on any atom is 0.421 e. The summed E-state index contributed by atoms with van der Waals surface area (Å²) in [6.45, 7) is 2.15. The Kier molecular flexibility index (Phi) is 8.26. The van der Waals surface area contributed by atoms with E-state index in [1.165, 1.54) is 31.2 Å². The molecule has 0 spiro atoms. The molecule has 4 nitrogen and oxygen atoms in total. The summed E-state index contributed by atoms with van der Waals surface area (Å²) in [7, 11) is 0. The normalized spacial score (nSPS) is 14.3. The average Bonchev–Trinajstić information content (AvgIpc) is 3.38. The lowest BCUT2D eigenvalue weighted by atomic mass is 9.98. The van der Waals surface area contributed by atoms with Gasteiger partial charge in [-0.05, 0) is 60.9 Å². The van der Waals surface area contributed by atoms with Crippen LogP contribution < -0.4 is 10.6 Å². The third-order valence-corrected chi connectivity index (χ3v) is 6.66. The largest absolute Gasteiger partial charge is 0.421 e. The minimum Gasteiger partial charge on any atom is -0.339 e. The van der Waals surface area contributed by atoms with Crippen LogP contribution in [0.2, 0.25) is 0 Å². The van der Waals surface area contributed by atoms with E-state index in [0.29, 0.717) is 11.6 Å². The topological polar surface area (TPSA) is 49.8 Å². The van der Waals surface area contributed by atoms with Crippen LogP contribution in [0.1, 0.15) is 80.9 Å². The minimum atomic E-state index is -4.57. The predicted molar refractivity (Wildman–Crippen MR) is 136 cm³/mol. The molecule has 1 aromatic heterocycles. The van der Waals surface area contributed by atoms with Crippen molar-refractivity contribution in [3.8, 4) is 0 Å². The smallest absolute Gasteiger partial charge is 0.339 e. The van der Waals surface area contributed by atoms with Crippen molar-refractivity contribution in [1.82, 2.24) is 9.97 Å². The highest BCUT2D eigenvalue weighted by Crippen LogP contribution is 2.37. The number of hydrogen-bond acceptors (Lipinski definition) is 4. The van der Waals surface area contributed by atoms with E-state index in [1.807, 2.05) is 30.3 Å². The molecule has 0 aliphatic heterocycles. The number of nitrogens with one attached hydrogen (secondary N) is 2. The van der Waals surface area contributed by atoms with E-state index in [4.69, 9.17) is 0 Å². The molecule has 186 valence electrons. The highest BCUT2D eigenvalue weighted by Gasteiger charge is 2.35. The van der Waals surface area contributed by atoms with Gasteiger partial charge in [0.25, 0.3) is 0 Å². The van der Waals surface area contributed by atoms with Gasteiger partial charge < -0.3 is 10.6 Å². The fourth-order valence-corrected chi connectivity index (χ4v) is 4.70. The zero-order valence-corrected chi connectivity index (χ0v) is 20.2. The van der Waals surface area contributed by atoms with Crippen LogP contribution in [0.4, 0.5) is 36.3 Å². The van der Waals surface area contributed by atoms with Gasteiger partial charge in [-0.1, -0.05) is 69.4 Å². The van der Waals surface area contributed by atoms with Crippen molar-refractivity contribution in [3.63, 3.8) is 0 Å². The first-order chi connectivity index (χ1) is 16.9. The Labute approximate surface area is 205 Å². The lowest BCUT2D eigenvalue weighted by Gasteiger charge is -2.17. The molecule has 3 aromatic rings. The lowest BCUT2D eigenvalue weighted by Crippen LogP contribution is -2.13. The van der Waals surface area contributed by atoms with Gasteiger partial charge in [0.15, 0.2) is 0 Å². The van der Waals surface area contributed by atoms with Gasteiger partial charge in [0, 0.05) is 17.6 Å². The van der Waals surface area contributed by atoms with Gasteiger partial charge in [-0.2, -0.15) is 18.2 Å². The second-order valence-electron chi connectivity index (χ2n) is 9.27. The minimum absolute atomic E-state index is 0.120. The van der Waals surface area contributed by atoms with Gasteiger partial charge in [0.2, 0.25) is 5.95 Å². The third kappa shape index (κ3) is 6.74. The molecule has 4 rings (SSSR count). The summed E-state index contributed by atoms with van der Waals surface area (Å²) in [5.41, 5.74) is 2.78. The van der Waals surface area contributed by atoms with Gasteiger partial charge in [0.05, 0.1) is 0 Å². The van der Waals surface area contributed by atoms with Crippen LogP contribution in [0.15, 0.2) is 54.7 Å². The first-order valence-electron chi connectivity index (χ1n) is 12.6. The molecule has 1 heterocycles. The maximum atomic E-state index is 13.7. The monoisotopic (exact) mass is 482 g/mol. The average molecular weight is 483 g/mol. The van der Waals surface area contributed by atoms with Gasteiger partial charge >= 0.3 is 6.18 Å². The Morgan fingerprint density at radius 2 is 1.66 bits per heavy atom. The Hall–Kier alpha value is -3.09. The van der Waals surface area contributed by atoms with E-state index >= 15 is 0 Å². The number of alkyl halides is 3. The Bertz CT molecular complexity index is 1090. The zero-order chi connectivity index (χ0) is 24.7. The SMILES string of the molecule is CCCCCCc1ccccc1Nc1nc(Nc2ccc(C3CCCC3)cc2)ncc1C(F)(F)F. The molecule has 0 bridgehead atoms. The van der Waals surface area contributed by atoms with Gasteiger partial charge in [-0.3, -0.25) is 0 Å². The number of nitrogens with zero attached hydrogens (tertiary/aromatic N) is 2. The summed E-state index contributed by atoms with van der Waals surface area (Å²) in [6, 6.07) is 15.5. The van der Waals surface area contributed by atoms with Crippen molar-refractivity contribution in [2.75, 3.05) is 10.6 Å². The van der Waals surface area contributed by atoms with Crippen LogP contribution in [0, 0.1) is 0 Å². The highest BCUT2D eigenvalue weighted by molar-refractivity contribution is 5.65. The standard InChI is InChI=1S/C28H33F3N4/c1-2-3-4-5-12-22-13-8-9-14-25(22)34-26-24(28(29,30)31)19-32-27(35-26)33-23-17-15-21(16-18-23)20-10-6-7-11-20/h8-9,13-20H,2-7,10-12H2,1H3,(H2,32,33,34,35). The van der Waals surface area contributed by atoms with Crippen LogP contribution in [-0.4, -0.2) is 9.97 Å². The number of hydrogen-bond donors (Lipinski definition) is 2. The van der Waals surface area contributed by atoms with Crippen molar-refractivity contribution >= 4 is 23.1 Å². The molecule has 0 unspecified atom stereocenters. The van der Waals surface area contributed by atoms with E-state index in [9.17, 15) is 13.2 Å². The maximum absolute atomic E-state index is 13.7. The quantitative estimate of drug-likeness (QED) is 0.284. The van der Waals surface area contributed by atoms with Gasteiger partial charge in [-0.25, -0.2) is 4.98 Å². The zero-order valence-electron chi connectivity index (χ0n) is 20.2. The van der Waals surface area contributed by atoms with Crippen LogP contribution >= 0.6 is 0 Å². The number of aromatic nitrogens is 2. The second-order valence-corrected chi connectivity index (χ2v) is 9.27. The molecule has 0 radical (unpaired) electrons. The molecule has 35 heavy (non-hydrogen) atoms. The molecular formula is C28H33F3N4. The summed E-state index contributed by atoms with van der Waals surface area (Å²) >= 11 is 0. The second kappa shape index (κ2) is 11.6. The number of anilines is 4. The summed E-state index contributed by atoms with van der Waals surface area (Å²) in [5, 5.41) is 6.01. The Balaban J connectivity index is 1.54. The molecule has 2 N–H and O–H groups in total. The molecule has 1 aliphatic rings. The van der Waals surface area contributed by atoms with Crippen molar-refractivity contribution in [2.24, 2.45) is 0 Å². The van der Waals surface area contributed by atoms with Gasteiger partial charge in [0.1, 0.15) is 11.4 Å². The van der Waals surface area contributed by atoms with E-state index in [0.717, 1.165) is 49.6 Å². The predicted octanol–water partition coefficient (Wildman–Crippen LogP) is 8.76. The summed E-state index contributed by atoms with van der Waals surface area (Å²) in [4.78, 5) is 8.18. The molecule has 1 aliphatic carbocycles. The number of para-hydroxylation sites is 1. The van der Waals surface area contributed by atoms with Crippen LogP contribution in [-0.2, 0) is 12.6 Å². The fraction of sp³-hybridized carbons (Fsp3) is 0.429. The molecule has 2 aromatic carbocycles. The molecule has 0 amide bonds. The van der Waals surface area contributed by atoms with E-state index < -0.39 is 11.7 Å². The first kappa shape index (κ1) is 25.0. The van der Waals surface area contributed by atoms with Crippen molar-refractivity contribution < 1.29 is 13.2 Å². The van der Waals surface area contributed by atoms with E-state index in [2.05, 4.69) is 39.7 Å². The Morgan fingerprint density at radius 1 is 0.914 bits per heavy atom. The summed E-state index contributed by atoms with van der Waals surface area (Å²) in [5.74, 6) is 0.470. The number of halogens is 3. The van der Waals surface area contributed by atoms with Crippen LogP contribution in [0.3, 0.4) is 0 Å². The number of aryl methyl sites for hydroxylation is 1. The fourth-order valence-electron chi connectivity index (χ4n) is 4.70. The van der Waals surface area contributed by atoms with E-state index in [1.54, 1.807) is 6.07 Å². The molecule has 0 atom stereocenters. The van der Waals surface area contributed by atoms with Crippen LogP contribution in [0.5, 0.6) is 0 Å². The van der Waals surface area contributed by atoms with Crippen molar-refractivity contribution in [1.29, 1.82) is 0 Å². The number of unbranched alkanes of at least 4 members (excludes halogenated alkanes) is 3. The molecule has 1 fully saturated rings. The van der Waals surface area contributed by atoms with Gasteiger partial charge in [-0.15, -0.1) is 0 Å². The first-order valence-corrected chi connectivity index (χ1v) is 12.6. The number of benzene rings is 2. The third-order valence-electron chi connectivity index (χ3n) is 6.66. The Morgan fingerprint density at radius 3 is 2.37 bits per heavy atom. The van der Waals surface area contributed by atoms with Crippen LogP contribution in [0.25, 0.3) is 0 Å². The van der Waals surface area contributed by atoms with Crippen molar-refractivity contribution in [2.45, 2.75) is 76.8 Å². The molecular weight excluding hydrogens is 449 g/mol. The summed E-state index contributed by atoms with van der Waals surface area (Å²) in [6.07, 6.45) is 6.40. The summed E-state index contributed by atoms with van der Waals surface area (Å²) < 4.78 is 41.2. The molecule has 1 saturated carbocycles. The lowest BCUT2D eigenvalue weighted by molar-refractivity contribution is -0.137. The van der Waals surface area contributed by atoms with E-state index in [-0.39, 0.29) is 11.8 Å².